The van der Waals surface area contributed by atoms with Gasteiger partial charge in [-0.25, -0.2) is 0 Å². The summed E-state index contributed by atoms with van der Waals surface area (Å²) >= 11 is 6.30. The summed E-state index contributed by atoms with van der Waals surface area (Å²) in [5, 5.41) is -0.523. The molecule has 3 unspecified atom stereocenters. The molecule has 1 aliphatic heterocycles. The average molecular weight is 264 g/mol. The highest BCUT2D eigenvalue weighted by atomic mass is 35.5. The molecule has 0 N–H and O–H groups in total. The highest BCUT2D eigenvalue weighted by Gasteiger charge is 2.39. The number of rotatable bonds is 2. The van der Waals surface area contributed by atoms with Gasteiger partial charge in [0.2, 0.25) is 5.91 Å². The minimum absolute atomic E-state index is 0.0808. The maximum atomic E-state index is 12.4. The van der Waals surface area contributed by atoms with Gasteiger partial charge in [-0.3, -0.25) is 4.79 Å². The second-order valence-corrected chi connectivity index (χ2v) is 5.90. The maximum Gasteiger partial charge on any atom is 0.245 e. The van der Waals surface area contributed by atoms with Gasteiger partial charge < -0.3 is 4.90 Å². The minimum Gasteiger partial charge on any atom is -0.341 e. The van der Waals surface area contributed by atoms with E-state index >= 15 is 0 Å². The summed E-state index contributed by atoms with van der Waals surface area (Å²) in [6.07, 6.45) is 3.90. The zero-order valence-corrected chi connectivity index (χ0v) is 11.1. The molecule has 1 aliphatic carbocycles. The highest BCUT2D eigenvalue weighted by Crippen LogP contribution is 2.39. The van der Waals surface area contributed by atoms with Gasteiger partial charge >= 0.3 is 0 Å². The zero-order valence-electron chi connectivity index (χ0n) is 10.4. The topological polar surface area (TPSA) is 20.3 Å². The molecular weight excluding hydrogens is 246 g/mol. The van der Waals surface area contributed by atoms with Crippen LogP contribution >= 0.6 is 11.6 Å². The Hall–Kier alpha value is -1.02. The number of amides is 1. The minimum atomic E-state index is -0.523. The molecule has 0 spiro atoms. The van der Waals surface area contributed by atoms with Gasteiger partial charge in [-0.15, -0.1) is 11.6 Å². The Morgan fingerprint density at radius 2 is 1.78 bits per heavy atom. The quantitative estimate of drug-likeness (QED) is 0.751. The molecule has 96 valence electrons. The molecule has 0 bridgehead atoms. The van der Waals surface area contributed by atoms with Crippen molar-refractivity contribution in [2.45, 2.75) is 24.6 Å². The molecule has 2 nitrogen and oxygen atoms in total. The van der Waals surface area contributed by atoms with Crippen LogP contribution in [0.2, 0.25) is 0 Å². The lowest BCUT2D eigenvalue weighted by atomic mass is 10.0. The second-order valence-electron chi connectivity index (χ2n) is 5.47. The van der Waals surface area contributed by atoms with Crippen molar-refractivity contribution in [3.05, 3.63) is 35.9 Å². The van der Waals surface area contributed by atoms with Crippen molar-refractivity contribution >= 4 is 17.5 Å². The van der Waals surface area contributed by atoms with Crippen molar-refractivity contribution in [1.82, 2.24) is 4.90 Å². The fraction of sp³-hybridized carbons (Fsp3) is 0.533. The Morgan fingerprint density at radius 3 is 2.39 bits per heavy atom. The number of nitrogens with zero attached hydrogens (tertiary/aromatic N) is 1. The molecule has 1 saturated carbocycles. The average Bonchev–Trinajstić information content (AvgIpc) is 2.99. The van der Waals surface area contributed by atoms with Crippen LogP contribution in [0.5, 0.6) is 0 Å². The van der Waals surface area contributed by atoms with Crippen molar-refractivity contribution in [3.8, 4) is 0 Å². The molecule has 1 aromatic carbocycles. The fourth-order valence-electron chi connectivity index (χ4n) is 3.34. The first kappa shape index (κ1) is 12.0. The number of likely N-dealkylation sites (tertiary alicyclic amines) is 1. The summed E-state index contributed by atoms with van der Waals surface area (Å²) in [6, 6.07) is 9.64. The normalized spacial score (nSPS) is 28.2. The van der Waals surface area contributed by atoms with Crippen LogP contribution in [-0.4, -0.2) is 23.9 Å². The first-order valence-electron chi connectivity index (χ1n) is 6.73. The number of hydrogen-bond acceptors (Lipinski definition) is 1. The maximum absolute atomic E-state index is 12.4. The Labute approximate surface area is 113 Å². The highest BCUT2D eigenvalue weighted by molar-refractivity contribution is 6.30. The van der Waals surface area contributed by atoms with Gasteiger partial charge in [0.25, 0.3) is 0 Å². The van der Waals surface area contributed by atoms with E-state index in [0.29, 0.717) is 0 Å². The van der Waals surface area contributed by atoms with Crippen molar-refractivity contribution in [2.24, 2.45) is 11.8 Å². The van der Waals surface area contributed by atoms with Crippen LogP contribution in [0.3, 0.4) is 0 Å². The smallest absolute Gasteiger partial charge is 0.245 e. The van der Waals surface area contributed by atoms with Crippen molar-refractivity contribution < 1.29 is 4.79 Å². The van der Waals surface area contributed by atoms with Crippen LogP contribution in [0.15, 0.2) is 30.3 Å². The molecule has 3 rings (SSSR count). The van der Waals surface area contributed by atoms with Gasteiger partial charge in [0.05, 0.1) is 0 Å². The summed E-state index contributed by atoms with van der Waals surface area (Å²) in [4.78, 5) is 14.3. The standard InChI is InChI=1S/C15H18ClNO/c16-14(11-5-2-1-3-6-11)15(18)17-9-12-7-4-8-13(12)10-17/h1-3,5-6,12-14H,4,7-10H2. The van der Waals surface area contributed by atoms with Gasteiger partial charge in [-0.1, -0.05) is 36.8 Å². The van der Waals surface area contributed by atoms with E-state index in [9.17, 15) is 4.79 Å². The third kappa shape index (κ3) is 2.14. The van der Waals surface area contributed by atoms with Crippen molar-refractivity contribution in [1.29, 1.82) is 0 Å². The Kier molecular flexibility index (Phi) is 3.29. The van der Waals surface area contributed by atoms with E-state index in [2.05, 4.69) is 0 Å². The molecule has 3 atom stereocenters. The Morgan fingerprint density at radius 1 is 1.17 bits per heavy atom. The van der Waals surface area contributed by atoms with Crippen LogP contribution in [-0.2, 0) is 4.79 Å². The molecule has 0 aromatic heterocycles. The lowest BCUT2D eigenvalue weighted by molar-refractivity contribution is -0.130. The molecular formula is C15H18ClNO. The third-order valence-electron chi connectivity index (χ3n) is 4.35. The number of fused-ring (bicyclic) bond motifs is 1. The largest absolute Gasteiger partial charge is 0.341 e. The van der Waals surface area contributed by atoms with Gasteiger partial charge in [-0.05, 0) is 30.2 Å². The van der Waals surface area contributed by atoms with Gasteiger partial charge in [0.15, 0.2) is 0 Å². The van der Waals surface area contributed by atoms with E-state index in [1.54, 1.807) is 0 Å². The van der Waals surface area contributed by atoms with Gasteiger partial charge in [-0.2, -0.15) is 0 Å². The predicted octanol–water partition coefficient (Wildman–Crippen LogP) is 3.23. The molecule has 1 saturated heterocycles. The molecule has 2 aliphatic rings. The summed E-state index contributed by atoms with van der Waals surface area (Å²) < 4.78 is 0. The number of hydrogen-bond donors (Lipinski definition) is 0. The van der Waals surface area contributed by atoms with Crippen LogP contribution in [0.4, 0.5) is 0 Å². The summed E-state index contributed by atoms with van der Waals surface area (Å²) in [5.74, 6) is 1.54. The second kappa shape index (κ2) is 4.93. The number of alkyl halides is 1. The van der Waals surface area contributed by atoms with E-state index in [1.807, 2.05) is 35.2 Å². The van der Waals surface area contributed by atoms with Crippen LogP contribution in [0.25, 0.3) is 0 Å². The van der Waals surface area contributed by atoms with E-state index in [1.165, 1.54) is 19.3 Å². The van der Waals surface area contributed by atoms with Gasteiger partial charge in [0, 0.05) is 13.1 Å². The Bertz CT molecular complexity index is 421. The molecule has 1 heterocycles. The molecule has 2 fully saturated rings. The number of halogens is 1. The van der Waals surface area contributed by atoms with Gasteiger partial charge in [0.1, 0.15) is 5.38 Å². The van der Waals surface area contributed by atoms with Crippen molar-refractivity contribution in [2.75, 3.05) is 13.1 Å². The lowest BCUT2D eigenvalue weighted by Crippen LogP contribution is -2.32. The van der Waals surface area contributed by atoms with Crippen LogP contribution in [0.1, 0.15) is 30.2 Å². The third-order valence-corrected chi connectivity index (χ3v) is 4.79. The number of benzene rings is 1. The number of carbonyl (C=O) groups excluding carboxylic acids is 1. The monoisotopic (exact) mass is 263 g/mol. The van der Waals surface area contributed by atoms with Crippen molar-refractivity contribution in [3.63, 3.8) is 0 Å². The molecule has 18 heavy (non-hydrogen) atoms. The Balaban J connectivity index is 1.68. The van der Waals surface area contributed by atoms with E-state index in [4.69, 9.17) is 11.6 Å². The fourth-order valence-corrected chi connectivity index (χ4v) is 3.62. The SMILES string of the molecule is O=C(C(Cl)c1ccccc1)N1CC2CCCC2C1. The molecule has 1 aromatic rings. The first-order valence-corrected chi connectivity index (χ1v) is 7.17. The molecule has 3 heteroatoms. The predicted molar refractivity (Wildman–Crippen MR) is 72.4 cm³/mol. The zero-order chi connectivity index (χ0) is 12.5. The number of carbonyl (C=O) groups is 1. The summed E-state index contributed by atoms with van der Waals surface area (Å²) in [7, 11) is 0. The van der Waals surface area contributed by atoms with E-state index < -0.39 is 5.38 Å². The van der Waals surface area contributed by atoms with Crippen LogP contribution in [0, 0.1) is 11.8 Å². The summed E-state index contributed by atoms with van der Waals surface area (Å²) in [5.41, 5.74) is 0.904. The first-order chi connectivity index (χ1) is 8.75. The molecule has 1 amide bonds. The summed E-state index contributed by atoms with van der Waals surface area (Å²) in [6.45, 7) is 1.83. The molecule has 0 radical (unpaired) electrons. The lowest BCUT2D eigenvalue weighted by Gasteiger charge is -2.20. The van der Waals surface area contributed by atoms with E-state index in [-0.39, 0.29) is 5.91 Å². The van der Waals surface area contributed by atoms with E-state index in [0.717, 1.165) is 30.5 Å². The van der Waals surface area contributed by atoms with Crippen LogP contribution < -0.4 is 0 Å².